The molecule has 1 rings (SSSR count). The number of hydrogen-bond acceptors (Lipinski definition) is 4. The molecule has 0 aromatic rings. The van der Waals surface area contributed by atoms with Crippen LogP contribution >= 0.6 is 0 Å². The first-order valence-electron chi connectivity index (χ1n) is 3.90. The smallest absolute Gasteiger partial charge is 0.0962 e. The number of hydrogen-bond donors (Lipinski definition) is 3. The van der Waals surface area contributed by atoms with Gasteiger partial charge in [-0.1, -0.05) is 0 Å². The Morgan fingerprint density at radius 3 is 2.73 bits per heavy atom. The Kier molecular flexibility index (Phi) is 2.84. The van der Waals surface area contributed by atoms with Crippen molar-refractivity contribution in [3.05, 3.63) is 0 Å². The molecule has 1 fully saturated rings. The van der Waals surface area contributed by atoms with Gasteiger partial charge in [0.1, 0.15) is 0 Å². The van der Waals surface area contributed by atoms with Crippen LogP contribution < -0.4 is 5.32 Å². The van der Waals surface area contributed by atoms with Crippen LogP contribution in [0.4, 0.5) is 0 Å². The minimum Gasteiger partial charge on any atom is -0.394 e. The van der Waals surface area contributed by atoms with Crippen LogP contribution in [0, 0.1) is 0 Å². The van der Waals surface area contributed by atoms with Crippen LogP contribution in [-0.2, 0) is 0 Å². The molecule has 0 radical (unpaired) electrons. The highest BCUT2D eigenvalue weighted by atomic mass is 16.3. The lowest BCUT2D eigenvalue weighted by atomic mass is 9.99. The highest BCUT2D eigenvalue weighted by molar-refractivity contribution is 4.90. The first-order valence-corrected chi connectivity index (χ1v) is 3.90. The number of aliphatic hydroxyl groups excluding tert-OH is 2. The standard InChI is InChI=1S/C7H16N2O2/c1-7(5-10)4-8-2-3-9(7)6-11/h8,10-11H,2-6H2,1H3. The van der Waals surface area contributed by atoms with Crippen molar-refractivity contribution >= 4 is 0 Å². The molecule has 0 amide bonds. The van der Waals surface area contributed by atoms with Crippen molar-refractivity contribution < 1.29 is 10.2 Å². The fraction of sp³-hybridized carbons (Fsp3) is 1.00. The van der Waals surface area contributed by atoms with Gasteiger partial charge in [0.05, 0.1) is 18.9 Å². The predicted octanol–water partition coefficient (Wildman–Crippen LogP) is -1.41. The largest absolute Gasteiger partial charge is 0.394 e. The highest BCUT2D eigenvalue weighted by Crippen LogP contribution is 2.14. The predicted molar refractivity (Wildman–Crippen MR) is 42.2 cm³/mol. The Hall–Kier alpha value is -0.160. The second kappa shape index (κ2) is 3.49. The molecule has 1 aliphatic heterocycles. The number of piperazine rings is 1. The number of nitrogens with one attached hydrogen (secondary N) is 1. The van der Waals surface area contributed by atoms with E-state index in [0.29, 0.717) is 0 Å². The summed E-state index contributed by atoms with van der Waals surface area (Å²) in [5, 5.41) is 21.2. The quantitative estimate of drug-likeness (QED) is 0.464. The molecular weight excluding hydrogens is 144 g/mol. The van der Waals surface area contributed by atoms with Crippen molar-refractivity contribution in [3.8, 4) is 0 Å². The molecule has 1 saturated heterocycles. The molecule has 66 valence electrons. The zero-order chi connectivity index (χ0) is 8.32. The maximum Gasteiger partial charge on any atom is 0.0962 e. The first-order chi connectivity index (χ1) is 5.23. The summed E-state index contributed by atoms with van der Waals surface area (Å²) in [4.78, 5) is 1.88. The number of nitrogens with zero attached hydrogens (tertiary/aromatic N) is 1. The SMILES string of the molecule is CC1(CO)CNCCN1CO. The summed E-state index contributed by atoms with van der Waals surface area (Å²) in [6, 6.07) is 0. The van der Waals surface area contributed by atoms with Gasteiger partial charge in [-0.15, -0.1) is 0 Å². The van der Waals surface area contributed by atoms with Gasteiger partial charge in [0.25, 0.3) is 0 Å². The molecular formula is C7H16N2O2. The average Bonchev–Trinajstić information content (AvgIpc) is 2.05. The van der Waals surface area contributed by atoms with Gasteiger partial charge in [0.15, 0.2) is 0 Å². The summed E-state index contributed by atoms with van der Waals surface area (Å²) in [6.07, 6.45) is 0. The van der Waals surface area contributed by atoms with E-state index in [9.17, 15) is 0 Å². The maximum atomic E-state index is 9.06. The van der Waals surface area contributed by atoms with E-state index in [0.717, 1.165) is 19.6 Å². The van der Waals surface area contributed by atoms with E-state index >= 15 is 0 Å². The number of aliphatic hydroxyl groups is 2. The van der Waals surface area contributed by atoms with Gasteiger partial charge >= 0.3 is 0 Å². The molecule has 3 N–H and O–H groups in total. The molecule has 1 atom stereocenters. The van der Waals surface area contributed by atoms with E-state index in [4.69, 9.17) is 10.2 Å². The Morgan fingerprint density at radius 2 is 2.27 bits per heavy atom. The molecule has 1 aliphatic rings. The molecule has 1 heterocycles. The Labute approximate surface area is 66.8 Å². The highest BCUT2D eigenvalue weighted by Gasteiger charge is 2.32. The van der Waals surface area contributed by atoms with Gasteiger partial charge in [-0.05, 0) is 6.92 Å². The Bertz CT molecular complexity index is 132. The van der Waals surface area contributed by atoms with Crippen LogP contribution in [0.1, 0.15) is 6.92 Å². The van der Waals surface area contributed by atoms with Crippen LogP contribution in [0.2, 0.25) is 0 Å². The number of rotatable bonds is 2. The fourth-order valence-electron chi connectivity index (χ4n) is 1.35. The van der Waals surface area contributed by atoms with Gasteiger partial charge < -0.3 is 15.5 Å². The summed E-state index contributed by atoms with van der Waals surface area (Å²) in [7, 11) is 0. The van der Waals surface area contributed by atoms with Crippen LogP contribution in [0.15, 0.2) is 0 Å². The van der Waals surface area contributed by atoms with E-state index in [1.54, 1.807) is 0 Å². The molecule has 4 nitrogen and oxygen atoms in total. The molecule has 4 heteroatoms. The van der Waals surface area contributed by atoms with Crippen molar-refractivity contribution in [2.75, 3.05) is 33.0 Å². The average molecular weight is 160 g/mol. The van der Waals surface area contributed by atoms with Crippen LogP contribution in [0.3, 0.4) is 0 Å². The van der Waals surface area contributed by atoms with Gasteiger partial charge in [-0.3, -0.25) is 4.90 Å². The van der Waals surface area contributed by atoms with Crippen molar-refractivity contribution in [1.29, 1.82) is 0 Å². The molecule has 0 aromatic heterocycles. The van der Waals surface area contributed by atoms with Crippen molar-refractivity contribution in [2.45, 2.75) is 12.5 Å². The third-order valence-electron chi connectivity index (χ3n) is 2.34. The molecule has 1 unspecified atom stereocenters. The topological polar surface area (TPSA) is 55.7 Å². The third kappa shape index (κ3) is 1.70. The normalized spacial score (nSPS) is 34.1. The Morgan fingerprint density at radius 1 is 1.55 bits per heavy atom. The molecule has 0 bridgehead atoms. The van der Waals surface area contributed by atoms with Crippen LogP contribution in [-0.4, -0.2) is 53.6 Å². The van der Waals surface area contributed by atoms with E-state index in [2.05, 4.69) is 5.32 Å². The molecule has 0 aromatic carbocycles. The zero-order valence-corrected chi connectivity index (χ0v) is 6.88. The van der Waals surface area contributed by atoms with Crippen molar-refractivity contribution in [3.63, 3.8) is 0 Å². The van der Waals surface area contributed by atoms with E-state index in [1.807, 2.05) is 11.8 Å². The van der Waals surface area contributed by atoms with Crippen molar-refractivity contribution in [2.24, 2.45) is 0 Å². The lowest BCUT2D eigenvalue weighted by Crippen LogP contribution is -2.61. The van der Waals surface area contributed by atoms with Gasteiger partial charge in [-0.2, -0.15) is 0 Å². The minimum absolute atomic E-state index is 0.0265. The molecule has 0 saturated carbocycles. The maximum absolute atomic E-state index is 9.06. The second-order valence-corrected chi connectivity index (χ2v) is 3.24. The van der Waals surface area contributed by atoms with E-state index in [1.165, 1.54) is 0 Å². The van der Waals surface area contributed by atoms with Crippen LogP contribution in [0.5, 0.6) is 0 Å². The second-order valence-electron chi connectivity index (χ2n) is 3.24. The van der Waals surface area contributed by atoms with Gasteiger partial charge in [-0.25, -0.2) is 0 Å². The van der Waals surface area contributed by atoms with Gasteiger partial charge in [0, 0.05) is 19.6 Å². The molecule has 0 aliphatic carbocycles. The third-order valence-corrected chi connectivity index (χ3v) is 2.34. The van der Waals surface area contributed by atoms with E-state index in [-0.39, 0.29) is 18.9 Å². The first kappa shape index (κ1) is 8.93. The Balaban J connectivity index is 2.57. The molecule has 11 heavy (non-hydrogen) atoms. The van der Waals surface area contributed by atoms with Crippen molar-refractivity contribution in [1.82, 2.24) is 10.2 Å². The lowest BCUT2D eigenvalue weighted by molar-refractivity contribution is -0.0314. The zero-order valence-electron chi connectivity index (χ0n) is 6.88. The van der Waals surface area contributed by atoms with Crippen LogP contribution in [0.25, 0.3) is 0 Å². The monoisotopic (exact) mass is 160 g/mol. The summed E-state index contributed by atoms with van der Waals surface area (Å²) in [5.74, 6) is 0. The van der Waals surface area contributed by atoms with Gasteiger partial charge in [0.2, 0.25) is 0 Å². The lowest BCUT2D eigenvalue weighted by Gasteiger charge is -2.42. The summed E-state index contributed by atoms with van der Waals surface area (Å²) in [6.45, 7) is 4.47. The summed E-state index contributed by atoms with van der Waals surface area (Å²) < 4.78 is 0. The fourth-order valence-corrected chi connectivity index (χ4v) is 1.35. The molecule has 0 spiro atoms. The minimum atomic E-state index is -0.285. The van der Waals surface area contributed by atoms with E-state index < -0.39 is 0 Å². The summed E-state index contributed by atoms with van der Waals surface area (Å²) >= 11 is 0. The summed E-state index contributed by atoms with van der Waals surface area (Å²) in [5.41, 5.74) is -0.285.